The van der Waals surface area contributed by atoms with Crippen molar-refractivity contribution in [2.75, 3.05) is 26.4 Å². The van der Waals surface area contributed by atoms with Crippen molar-refractivity contribution >= 4 is 33.2 Å². The van der Waals surface area contributed by atoms with E-state index in [2.05, 4.69) is 5.32 Å². The molecule has 0 fully saturated rings. The molecular formula is C11H16ClN3O3S. The first-order valence-corrected chi connectivity index (χ1v) is 7.32. The Labute approximate surface area is 117 Å². The highest BCUT2D eigenvalue weighted by molar-refractivity contribution is 7.89. The van der Waals surface area contributed by atoms with Gasteiger partial charge in [-0.05, 0) is 18.2 Å². The van der Waals surface area contributed by atoms with Crippen molar-refractivity contribution in [1.82, 2.24) is 9.62 Å². The number of nitrogens with zero attached hydrogens (tertiary/aromatic N) is 1. The van der Waals surface area contributed by atoms with Crippen LogP contribution in [-0.4, -0.2) is 39.3 Å². The van der Waals surface area contributed by atoms with Gasteiger partial charge in [0.15, 0.2) is 0 Å². The zero-order valence-electron chi connectivity index (χ0n) is 10.7. The summed E-state index contributed by atoms with van der Waals surface area (Å²) >= 11 is 5.77. The van der Waals surface area contributed by atoms with E-state index in [1.54, 1.807) is 0 Å². The number of nitrogens with one attached hydrogen (secondary N) is 1. The molecule has 3 N–H and O–H groups in total. The predicted octanol–water partition coefficient (Wildman–Crippen LogP) is 0.679. The van der Waals surface area contributed by atoms with Crippen LogP contribution < -0.4 is 11.1 Å². The number of sulfonamides is 1. The zero-order valence-corrected chi connectivity index (χ0v) is 12.3. The van der Waals surface area contributed by atoms with Crippen molar-refractivity contribution in [1.29, 1.82) is 0 Å². The lowest BCUT2D eigenvalue weighted by Gasteiger charge is -2.18. The Morgan fingerprint density at radius 1 is 1.47 bits per heavy atom. The molecule has 19 heavy (non-hydrogen) atoms. The second-order valence-electron chi connectivity index (χ2n) is 3.93. The van der Waals surface area contributed by atoms with E-state index in [9.17, 15) is 13.2 Å². The predicted molar refractivity (Wildman–Crippen MR) is 74.4 cm³/mol. The second kappa shape index (κ2) is 6.23. The van der Waals surface area contributed by atoms with Crippen LogP contribution in [-0.2, 0) is 14.8 Å². The number of halogens is 1. The molecule has 1 rings (SSSR count). The molecule has 0 aliphatic heterocycles. The molecule has 0 aliphatic carbocycles. The molecule has 0 saturated heterocycles. The summed E-state index contributed by atoms with van der Waals surface area (Å²) < 4.78 is 25.6. The van der Waals surface area contributed by atoms with E-state index in [-0.39, 0.29) is 34.5 Å². The van der Waals surface area contributed by atoms with Gasteiger partial charge in [0.1, 0.15) is 4.90 Å². The lowest BCUT2D eigenvalue weighted by atomic mass is 10.3. The Kier molecular flexibility index (Phi) is 5.16. The van der Waals surface area contributed by atoms with Crippen LogP contribution in [0.1, 0.15) is 6.42 Å². The van der Waals surface area contributed by atoms with Crippen LogP contribution in [0.15, 0.2) is 23.1 Å². The molecule has 0 heterocycles. The molecule has 106 valence electrons. The van der Waals surface area contributed by atoms with Gasteiger partial charge in [-0.1, -0.05) is 11.6 Å². The van der Waals surface area contributed by atoms with Crippen LogP contribution >= 0.6 is 11.6 Å². The van der Waals surface area contributed by atoms with Gasteiger partial charge in [0.05, 0.1) is 5.69 Å². The average Bonchev–Trinajstić information content (AvgIpc) is 2.37. The Bertz CT molecular complexity index is 575. The van der Waals surface area contributed by atoms with Gasteiger partial charge in [0.25, 0.3) is 0 Å². The maximum absolute atomic E-state index is 12.3. The van der Waals surface area contributed by atoms with E-state index in [0.717, 1.165) is 4.31 Å². The average molecular weight is 306 g/mol. The minimum Gasteiger partial charge on any atom is -0.398 e. The third-order valence-electron chi connectivity index (χ3n) is 2.60. The quantitative estimate of drug-likeness (QED) is 0.782. The molecule has 1 amide bonds. The van der Waals surface area contributed by atoms with Crippen molar-refractivity contribution < 1.29 is 13.2 Å². The molecule has 6 nitrogen and oxygen atoms in total. The first-order chi connectivity index (χ1) is 8.78. The van der Waals surface area contributed by atoms with Crippen molar-refractivity contribution in [2.45, 2.75) is 11.3 Å². The molecule has 0 aromatic heterocycles. The van der Waals surface area contributed by atoms with Gasteiger partial charge in [-0.2, -0.15) is 0 Å². The van der Waals surface area contributed by atoms with Crippen LogP contribution in [0, 0.1) is 0 Å². The minimum absolute atomic E-state index is 0.0561. The Morgan fingerprint density at radius 2 is 2.11 bits per heavy atom. The fourth-order valence-electron chi connectivity index (χ4n) is 1.40. The van der Waals surface area contributed by atoms with Crippen molar-refractivity contribution in [3.8, 4) is 0 Å². The summed E-state index contributed by atoms with van der Waals surface area (Å²) in [6.45, 7) is 0.0635. The van der Waals surface area contributed by atoms with E-state index in [1.807, 2.05) is 0 Å². The van der Waals surface area contributed by atoms with Gasteiger partial charge in [-0.3, -0.25) is 4.79 Å². The summed E-state index contributed by atoms with van der Waals surface area (Å²) in [6.07, 6.45) is 0.0761. The fourth-order valence-corrected chi connectivity index (χ4v) is 2.95. The lowest BCUT2D eigenvalue weighted by molar-refractivity contribution is -0.120. The van der Waals surface area contributed by atoms with Gasteiger partial charge < -0.3 is 11.1 Å². The molecule has 0 bridgehead atoms. The summed E-state index contributed by atoms with van der Waals surface area (Å²) in [5.74, 6) is -0.235. The standard InChI is InChI=1S/C11H16ClN3O3S/c1-14-11(16)5-6-15(2)19(17,18)10-7-8(12)3-4-9(10)13/h3-4,7H,5-6,13H2,1-2H3,(H,14,16). The van der Waals surface area contributed by atoms with Crippen molar-refractivity contribution in [2.24, 2.45) is 0 Å². The van der Waals surface area contributed by atoms with Gasteiger partial charge in [0, 0.05) is 32.1 Å². The number of carbonyl (C=O) groups is 1. The molecule has 0 unspecified atom stereocenters. The topological polar surface area (TPSA) is 92.5 Å². The van der Waals surface area contributed by atoms with E-state index in [4.69, 9.17) is 17.3 Å². The molecule has 0 atom stereocenters. The number of nitrogen functional groups attached to an aromatic ring is 1. The van der Waals surface area contributed by atoms with Crippen LogP contribution in [0.5, 0.6) is 0 Å². The smallest absolute Gasteiger partial charge is 0.244 e. The van der Waals surface area contributed by atoms with Gasteiger partial charge in [-0.25, -0.2) is 12.7 Å². The number of nitrogens with two attached hydrogens (primary N) is 1. The number of hydrogen-bond donors (Lipinski definition) is 2. The number of carbonyl (C=O) groups excluding carboxylic acids is 1. The monoisotopic (exact) mass is 305 g/mol. The summed E-state index contributed by atoms with van der Waals surface area (Å²) in [7, 11) is -0.873. The van der Waals surface area contributed by atoms with Gasteiger partial charge in [0.2, 0.25) is 15.9 Å². The zero-order chi connectivity index (χ0) is 14.6. The highest BCUT2D eigenvalue weighted by Crippen LogP contribution is 2.25. The molecule has 1 aromatic carbocycles. The van der Waals surface area contributed by atoms with Crippen LogP contribution in [0.25, 0.3) is 0 Å². The Morgan fingerprint density at radius 3 is 2.68 bits per heavy atom. The maximum atomic E-state index is 12.3. The first-order valence-electron chi connectivity index (χ1n) is 5.51. The largest absolute Gasteiger partial charge is 0.398 e. The summed E-state index contributed by atoms with van der Waals surface area (Å²) in [6, 6.07) is 4.24. The molecule has 0 spiro atoms. The number of anilines is 1. The van der Waals surface area contributed by atoms with E-state index < -0.39 is 10.0 Å². The lowest BCUT2D eigenvalue weighted by Crippen LogP contribution is -2.31. The normalized spacial score (nSPS) is 11.6. The summed E-state index contributed by atoms with van der Waals surface area (Å²) in [4.78, 5) is 11.1. The second-order valence-corrected chi connectivity index (χ2v) is 6.38. The molecular weight excluding hydrogens is 290 g/mol. The number of amides is 1. The van der Waals surface area contributed by atoms with Gasteiger partial charge >= 0.3 is 0 Å². The van der Waals surface area contributed by atoms with E-state index in [1.165, 1.54) is 32.3 Å². The molecule has 0 aliphatic rings. The Balaban J connectivity index is 2.97. The number of rotatable bonds is 5. The summed E-state index contributed by atoms with van der Waals surface area (Å²) in [5.41, 5.74) is 5.77. The fraction of sp³-hybridized carbons (Fsp3) is 0.364. The third kappa shape index (κ3) is 3.82. The number of hydrogen-bond acceptors (Lipinski definition) is 4. The Hall–Kier alpha value is -1.31. The maximum Gasteiger partial charge on any atom is 0.244 e. The molecule has 8 heteroatoms. The van der Waals surface area contributed by atoms with Crippen LogP contribution in [0.4, 0.5) is 5.69 Å². The number of benzene rings is 1. The van der Waals surface area contributed by atoms with E-state index in [0.29, 0.717) is 0 Å². The third-order valence-corrected chi connectivity index (χ3v) is 4.74. The van der Waals surface area contributed by atoms with E-state index >= 15 is 0 Å². The molecule has 0 saturated carbocycles. The summed E-state index contributed by atoms with van der Waals surface area (Å²) in [5, 5.41) is 2.71. The highest BCUT2D eigenvalue weighted by atomic mass is 35.5. The first kappa shape index (κ1) is 15.7. The molecule has 0 radical (unpaired) electrons. The molecule has 1 aromatic rings. The SMILES string of the molecule is CNC(=O)CCN(C)S(=O)(=O)c1cc(Cl)ccc1N. The van der Waals surface area contributed by atoms with Crippen molar-refractivity contribution in [3.63, 3.8) is 0 Å². The minimum atomic E-state index is -3.75. The highest BCUT2D eigenvalue weighted by Gasteiger charge is 2.23. The van der Waals surface area contributed by atoms with Crippen molar-refractivity contribution in [3.05, 3.63) is 23.2 Å². The van der Waals surface area contributed by atoms with Gasteiger partial charge in [-0.15, -0.1) is 0 Å². The van der Waals surface area contributed by atoms with Crippen LogP contribution in [0.2, 0.25) is 5.02 Å². The van der Waals surface area contributed by atoms with Crippen LogP contribution in [0.3, 0.4) is 0 Å².